The average molecular weight is 389 g/mol. The van der Waals surface area contributed by atoms with E-state index in [9.17, 15) is 9.59 Å². The van der Waals surface area contributed by atoms with Gasteiger partial charge in [0, 0.05) is 30.3 Å². The molecule has 1 saturated heterocycles. The Morgan fingerprint density at radius 1 is 1.40 bits per heavy atom. The van der Waals surface area contributed by atoms with E-state index in [1.165, 1.54) is 0 Å². The summed E-state index contributed by atoms with van der Waals surface area (Å²) in [5, 5.41) is 6.38. The van der Waals surface area contributed by atoms with Crippen LogP contribution in [-0.2, 0) is 9.59 Å². The Morgan fingerprint density at radius 3 is 2.84 bits per heavy atom. The van der Waals surface area contributed by atoms with Crippen molar-refractivity contribution in [2.24, 2.45) is 11.7 Å². The zero-order valence-corrected chi connectivity index (χ0v) is 16.0. The van der Waals surface area contributed by atoms with Crippen LogP contribution in [0.2, 0.25) is 5.02 Å². The maximum absolute atomic E-state index is 12.3. The number of rotatable bonds is 6. The van der Waals surface area contributed by atoms with Crippen LogP contribution in [0, 0.1) is 12.8 Å². The number of amides is 2. The minimum absolute atomic E-state index is 0. The van der Waals surface area contributed by atoms with Crippen LogP contribution in [-0.4, -0.2) is 49.4 Å². The van der Waals surface area contributed by atoms with Crippen LogP contribution in [0.15, 0.2) is 18.2 Å². The second kappa shape index (κ2) is 10.6. The molecule has 2 amide bonds. The highest BCUT2D eigenvalue weighted by Gasteiger charge is 2.26. The molecule has 0 spiro atoms. The number of carbonyl (C=O) groups is 2. The van der Waals surface area contributed by atoms with Gasteiger partial charge in [-0.2, -0.15) is 0 Å². The summed E-state index contributed by atoms with van der Waals surface area (Å²) in [6.07, 6.45) is 1.76. The van der Waals surface area contributed by atoms with Crippen LogP contribution in [0.5, 0.6) is 0 Å². The quantitative estimate of drug-likeness (QED) is 0.693. The highest BCUT2D eigenvalue weighted by atomic mass is 35.5. The number of nitrogens with two attached hydrogens (primary N) is 1. The molecule has 0 aliphatic carbocycles. The van der Waals surface area contributed by atoms with E-state index in [4.69, 9.17) is 17.3 Å². The zero-order chi connectivity index (χ0) is 17.5. The Bertz CT molecular complexity index is 598. The number of aryl methyl sites for hydroxylation is 1. The molecule has 1 aromatic carbocycles. The second-order valence-electron chi connectivity index (χ2n) is 6.16. The molecule has 1 atom stereocenters. The van der Waals surface area contributed by atoms with Gasteiger partial charge in [0.1, 0.15) is 0 Å². The minimum atomic E-state index is -0.0801. The van der Waals surface area contributed by atoms with E-state index < -0.39 is 0 Å². The van der Waals surface area contributed by atoms with Crippen LogP contribution >= 0.6 is 24.0 Å². The van der Waals surface area contributed by atoms with E-state index in [0.717, 1.165) is 30.6 Å². The van der Waals surface area contributed by atoms with E-state index in [0.29, 0.717) is 24.7 Å². The van der Waals surface area contributed by atoms with Gasteiger partial charge in [-0.05, 0) is 50.1 Å². The standard InChI is InChI=1S/C17H25ClN4O2.ClH/c1-12-9-14(18)4-5-15(12)21-16(23)11-22-8-2-3-13(10-22)17(24)20-7-6-19;/h4-5,9,13H,2-3,6-8,10-11,19H2,1H3,(H,20,24)(H,21,23);1H. The van der Waals surface area contributed by atoms with Crippen molar-refractivity contribution in [2.45, 2.75) is 19.8 Å². The maximum Gasteiger partial charge on any atom is 0.238 e. The third-order valence-electron chi connectivity index (χ3n) is 4.15. The van der Waals surface area contributed by atoms with Crippen molar-refractivity contribution in [3.63, 3.8) is 0 Å². The third-order valence-corrected chi connectivity index (χ3v) is 4.38. The number of likely N-dealkylation sites (tertiary alicyclic amines) is 1. The summed E-state index contributed by atoms with van der Waals surface area (Å²) in [6, 6.07) is 5.37. The summed E-state index contributed by atoms with van der Waals surface area (Å²) >= 11 is 5.92. The van der Waals surface area contributed by atoms with Gasteiger partial charge in [0.2, 0.25) is 11.8 Å². The van der Waals surface area contributed by atoms with Crippen molar-refractivity contribution in [1.29, 1.82) is 0 Å². The van der Waals surface area contributed by atoms with Crippen molar-refractivity contribution in [1.82, 2.24) is 10.2 Å². The van der Waals surface area contributed by atoms with Crippen LogP contribution in [0.3, 0.4) is 0 Å². The van der Waals surface area contributed by atoms with Crippen molar-refractivity contribution < 1.29 is 9.59 Å². The Balaban J connectivity index is 0.00000312. The Kier molecular flexibility index (Phi) is 9.21. The van der Waals surface area contributed by atoms with Gasteiger partial charge >= 0.3 is 0 Å². The molecule has 0 saturated carbocycles. The van der Waals surface area contributed by atoms with Crippen molar-refractivity contribution in [3.8, 4) is 0 Å². The number of hydrogen-bond donors (Lipinski definition) is 3. The van der Waals surface area contributed by atoms with Gasteiger partial charge in [0.15, 0.2) is 0 Å². The Labute approximate surface area is 159 Å². The van der Waals surface area contributed by atoms with Gasteiger partial charge in [0.25, 0.3) is 0 Å². The molecular formula is C17H26Cl2N4O2. The number of hydrogen-bond acceptors (Lipinski definition) is 4. The number of benzene rings is 1. The first-order valence-corrected chi connectivity index (χ1v) is 8.63. The minimum Gasteiger partial charge on any atom is -0.355 e. The summed E-state index contributed by atoms with van der Waals surface area (Å²) in [7, 11) is 0. The van der Waals surface area contributed by atoms with Crippen LogP contribution in [0.25, 0.3) is 0 Å². The maximum atomic E-state index is 12.3. The topological polar surface area (TPSA) is 87.5 Å². The molecule has 25 heavy (non-hydrogen) atoms. The molecule has 1 fully saturated rings. The number of nitrogens with zero attached hydrogens (tertiary/aromatic N) is 1. The van der Waals surface area contributed by atoms with Gasteiger partial charge in [-0.1, -0.05) is 11.6 Å². The first-order chi connectivity index (χ1) is 11.5. The summed E-state index contributed by atoms with van der Waals surface area (Å²) < 4.78 is 0. The van der Waals surface area contributed by atoms with Crippen LogP contribution in [0.1, 0.15) is 18.4 Å². The lowest BCUT2D eigenvalue weighted by Gasteiger charge is -2.31. The third kappa shape index (κ3) is 6.82. The fourth-order valence-corrected chi connectivity index (χ4v) is 3.14. The SMILES string of the molecule is Cc1cc(Cl)ccc1NC(=O)CN1CCCC(C(=O)NCCN)C1.Cl. The van der Waals surface area contributed by atoms with E-state index in [1.54, 1.807) is 12.1 Å². The molecule has 0 bridgehead atoms. The Morgan fingerprint density at radius 2 is 2.16 bits per heavy atom. The molecule has 1 aliphatic heterocycles. The first-order valence-electron chi connectivity index (χ1n) is 8.25. The highest BCUT2D eigenvalue weighted by molar-refractivity contribution is 6.30. The lowest BCUT2D eigenvalue weighted by atomic mass is 9.97. The molecule has 0 aromatic heterocycles. The van der Waals surface area contributed by atoms with E-state index >= 15 is 0 Å². The van der Waals surface area contributed by atoms with E-state index in [-0.39, 0.29) is 36.7 Å². The number of halogens is 2. The monoisotopic (exact) mass is 388 g/mol. The second-order valence-corrected chi connectivity index (χ2v) is 6.60. The van der Waals surface area contributed by atoms with Crippen molar-refractivity contribution >= 4 is 41.5 Å². The van der Waals surface area contributed by atoms with Gasteiger partial charge < -0.3 is 16.4 Å². The number of carbonyl (C=O) groups excluding carboxylic acids is 2. The largest absolute Gasteiger partial charge is 0.355 e. The molecule has 1 aliphatic rings. The van der Waals surface area contributed by atoms with Crippen molar-refractivity contribution in [2.75, 3.05) is 38.0 Å². The summed E-state index contributed by atoms with van der Waals surface area (Å²) in [5.41, 5.74) is 7.10. The van der Waals surface area contributed by atoms with E-state index in [2.05, 4.69) is 10.6 Å². The van der Waals surface area contributed by atoms with Gasteiger partial charge in [0.05, 0.1) is 12.5 Å². The van der Waals surface area contributed by atoms with Crippen molar-refractivity contribution in [3.05, 3.63) is 28.8 Å². The molecule has 140 valence electrons. The fraction of sp³-hybridized carbons (Fsp3) is 0.529. The van der Waals surface area contributed by atoms with E-state index in [1.807, 2.05) is 17.9 Å². The highest BCUT2D eigenvalue weighted by Crippen LogP contribution is 2.20. The summed E-state index contributed by atoms with van der Waals surface area (Å²) in [6.45, 7) is 4.54. The molecule has 2 rings (SSSR count). The van der Waals surface area contributed by atoms with Gasteiger partial charge in [-0.15, -0.1) is 12.4 Å². The smallest absolute Gasteiger partial charge is 0.238 e. The first kappa shape index (κ1) is 21.7. The zero-order valence-electron chi connectivity index (χ0n) is 14.4. The number of nitrogens with one attached hydrogen (secondary N) is 2. The predicted molar refractivity (Wildman–Crippen MR) is 103 cm³/mol. The fourth-order valence-electron chi connectivity index (χ4n) is 2.91. The average Bonchev–Trinajstić information content (AvgIpc) is 2.55. The molecule has 0 radical (unpaired) electrons. The molecule has 6 nitrogen and oxygen atoms in total. The molecule has 4 N–H and O–H groups in total. The predicted octanol–water partition coefficient (Wildman–Crippen LogP) is 1.80. The number of anilines is 1. The molecule has 1 aromatic rings. The molecule has 1 unspecified atom stereocenters. The number of piperidine rings is 1. The molecule has 1 heterocycles. The molecule has 8 heteroatoms. The van der Waals surface area contributed by atoms with Crippen LogP contribution in [0.4, 0.5) is 5.69 Å². The van der Waals surface area contributed by atoms with Gasteiger partial charge in [-0.25, -0.2) is 0 Å². The lowest BCUT2D eigenvalue weighted by Crippen LogP contribution is -2.46. The Hall–Kier alpha value is -1.34. The van der Waals surface area contributed by atoms with Gasteiger partial charge in [-0.3, -0.25) is 14.5 Å². The summed E-state index contributed by atoms with van der Waals surface area (Å²) in [4.78, 5) is 26.3. The van der Waals surface area contributed by atoms with Crippen LogP contribution < -0.4 is 16.4 Å². The normalized spacial score (nSPS) is 17.5. The summed E-state index contributed by atoms with van der Waals surface area (Å²) in [5.74, 6) is -0.127. The lowest BCUT2D eigenvalue weighted by molar-refractivity contribution is -0.127. The molecular weight excluding hydrogens is 363 g/mol.